The Morgan fingerprint density at radius 3 is 2.52 bits per heavy atom. The van der Waals surface area contributed by atoms with Crippen LogP contribution in [-0.2, 0) is 20.2 Å². The second-order valence-electron chi connectivity index (χ2n) is 6.11. The highest BCUT2D eigenvalue weighted by atomic mass is 32.2. The van der Waals surface area contributed by atoms with Crippen LogP contribution >= 0.6 is 0 Å². The highest BCUT2D eigenvalue weighted by Gasteiger charge is 2.47. The summed E-state index contributed by atoms with van der Waals surface area (Å²) in [5, 5.41) is 0. The largest absolute Gasteiger partial charge is 0.500 e. The van der Waals surface area contributed by atoms with Crippen molar-refractivity contribution in [2.75, 3.05) is 17.5 Å². The predicted octanol–water partition coefficient (Wildman–Crippen LogP) is 2.99. The molecule has 0 bridgehead atoms. The fraction of sp³-hybridized carbons (Fsp3) is 0.222. The van der Waals surface area contributed by atoms with Gasteiger partial charge in [-0.05, 0) is 36.8 Å². The summed E-state index contributed by atoms with van der Waals surface area (Å²) in [6, 6.07) is 14.6. The summed E-state index contributed by atoms with van der Waals surface area (Å²) in [7, 11) is -3.59. The SMILES string of the molecule is Cc1ccc(S(=O)(=O)N2CC3(C=COC3)c3ccccc32)cc1. The Kier molecular flexibility index (Phi) is 3.03. The third-order valence-electron chi connectivity index (χ3n) is 4.57. The van der Waals surface area contributed by atoms with E-state index < -0.39 is 10.0 Å². The summed E-state index contributed by atoms with van der Waals surface area (Å²) in [4.78, 5) is 0.317. The Labute approximate surface area is 136 Å². The van der Waals surface area contributed by atoms with Gasteiger partial charge in [0.15, 0.2) is 0 Å². The van der Waals surface area contributed by atoms with E-state index in [4.69, 9.17) is 4.74 Å². The van der Waals surface area contributed by atoms with Gasteiger partial charge in [-0.15, -0.1) is 0 Å². The molecule has 23 heavy (non-hydrogen) atoms. The molecule has 5 heteroatoms. The average molecular weight is 327 g/mol. The molecule has 2 aliphatic heterocycles. The Balaban J connectivity index is 1.84. The van der Waals surface area contributed by atoms with Gasteiger partial charge in [-0.2, -0.15) is 0 Å². The van der Waals surface area contributed by atoms with Crippen LogP contribution in [0.5, 0.6) is 0 Å². The summed E-state index contributed by atoms with van der Waals surface area (Å²) >= 11 is 0. The van der Waals surface area contributed by atoms with E-state index in [1.807, 2.05) is 49.4 Å². The molecule has 0 aromatic heterocycles. The summed E-state index contributed by atoms with van der Waals surface area (Å²) in [5.41, 5.74) is 2.40. The number of aryl methyl sites for hydroxylation is 1. The Morgan fingerprint density at radius 2 is 1.83 bits per heavy atom. The minimum absolute atomic E-state index is 0.317. The molecule has 4 nitrogen and oxygen atoms in total. The van der Waals surface area contributed by atoms with Gasteiger partial charge in [0.2, 0.25) is 0 Å². The lowest BCUT2D eigenvalue weighted by atomic mass is 9.84. The molecule has 2 aromatic carbocycles. The highest BCUT2D eigenvalue weighted by molar-refractivity contribution is 7.92. The Bertz CT molecular complexity index is 887. The van der Waals surface area contributed by atoms with Crippen molar-refractivity contribution in [3.8, 4) is 0 Å². The number of anilines is 1. The van der Waals surface area contributed by atoms with E-state index in [-0.39, 0.29) is 5.41 Å². The van der Waals surface area contributed by atoms with Crippen molar-refractivity contribution < 1.29 is 13.2 Å². The third kappa shape index (κ3) is 2.07. The standard InChI is InChI=1S/C18H17NO3S/c1-14-6-8-15(9-7-14)23(20,21)19-12-18(10-11-22-13-18)16-4-2-3-5-17(16)19/h2-11H,12-13H2,1H3. The number of ether oxygens (including phenoxy) is 1. The molecule has 2 heterocycles. The first-order chi connectivity index (χ1) is 11.0. The molecule has 2 aromatic rings. The molecule has 0 saturated carbocycles. The van der Waals surface area contributed by atoms with Crippen molar-refractivity contribution in [2.45, 2.75) is 17.2 Å². The maximum atomic E-state index is 13.1. The summed E-state index contributed by atoms with van der Waals surface area (Å²) < 4.78 is 33.1. The molecule has 0 aliphatic carbocycles. The number of hydrogen-bond donors (Lipinski definition) is 0. The van der Waals surface area contributed by atoms with E-state index in [1.54, 1.807) is 18.4 Å². The van der Waals surface area contributed by atoms with Crippen molar-refractivity contribution in [1.82, 2.24) is 0 Å². The van der Waals surface area contributed by atoms with Gasteiger partial charge in [0.05, 0.1) is 28.8 Å². The minimum Gasteiger partial charge on any atom is -0.500 e. The molecule has 1 atom stereocenters. The van der Waals surface area contributed by atoms with E-state index >= 15 is 0 Å². The van der Waals surface area contributed by atoms with Crippen LogP contribution in [0.25, 0.3) is 0 Å². The molecule has 0 saturated heterocycles. The second kappa shape index (κ2) is 4.86. The number of benzene rings is 2. The fourth-order valence-corrected chi connectivity index (χ4v) is 4.83. The van der Waals surface area contributed by atoms with Crippen molar-refractivity contribution in [3.63, 3.8) is 0 Å². The molecule has 0 N–H and O–H groups in total. The first-order valence-electron chi connectivity index (χ1n) is 7.51. The summed E-state index contributed by atoms with van der Waals surface area (Å²) in [6.07, 6.45) is 3.63. The van der Waals surface area contributed by atoms with Crippen LogP contribution in [0.1, 0.15) is 11.1 Å². The lowest BCUT2D eigenvalue weighted by Crippen LogP contribution is -2.37. The lowest BCUT2D eigenvalue weighted by molar-refractivity contribution is 0.236. The highest BCUT2D eigenvalue weighted by Crippen LogP contribution is 2.46. The van der Waals surface area contributed by atoms with E-state index in [1.165, 1.54) is 4.31 Å². The lowest BCUT2D eigenvalue weighted by Gasteiger charge is -2.23. The molecule has 0 amide bonds. The van der Waals surface area contributed by atoms with Crippen molar-refractivity contribution in [3.05, 3.63) is 72.0 Å². The molecule has 2 aliphatic rings. The zero-order valence-corrected chi connectivity index (χ0v) is 13.6. The van der Waals surface area contributed by atoms with Gasteiger partial charge in [-0.25, -0.2) is 8.42 Å². The fourth-order valence-electron chi connectivity index (χ4n) is 3.28. The van der Waals surface area contributed by atoms with E-state index in [0.717, 1.165) is 16.8 Å². The smallest absolute Gasteiger partial charge is 0.264 e. The van der Waals surface area contributed by atoms with Crippen LogP contribution in [0, 0.1) is 6.92 Å². The molecule has 4 rings (SSSR count). The average Bonchev–Trinajstić information content (AvgIpc) is 3.15. The van der Waals surface area contributed by atoms with Gasteiger partial charge in [0.1, 0.15) is 6.61 Å². The van der Waals surface area contributed by atoms with Gasteiger partial charge < -0.3 is 4.74 Å². The number of nitrogens with zero attached hydrogens (tertiary/aromatic N) is 1. The van der Waals surface area contributed by atoms with Gasteiger partial charge in [0.25, 0.3) is 10.0 Å². The molecule has 1 unspecified atom stereocenters. The van der Waals surface area contributed by atoms with Crippen LogP contribution in [0.2, 0.25) is 0 Å². The van der Waals surface area contributed by atoms with Crippen molar-refractivity contribution >= 4 is 15.7 Å². The van der Waals surface area contributed by atoms with Crippen LogP contribution in [0.15, 0.2) is 65.8 Å². The van der Waals surface area contributed by atoms with Gasteiger partial charge in [0, 0.05) is 0 Å². The van der Waals surface area contributed by atoms with Gasteiger partial charge in [-0.3, -0.25) is 4.31 Å². The molecular weight excluding hydrogens is 310 g/mol. The predicted molar refractivity (Wildman–Crippen MR) is 88.9 cm³/mol. The number of para-hydroxylation sites is 1. The van der Waals surface area contributed by atoms with E-state index in [2.05, 4.69) is 0 Å². The minimum atomic E-state index is -3.59. The maximum absolute atomic E-state index is 13.1. The van der Waals surface area contributed by atoms with Crippen molar-refractivity contribution in [1.29, 1.82) is 0 Å². The second-order valence-corrected chi connectivity index (χ2v) is 7.97. The quantitative estimate of drug-likeness (QED) is 0.852. The molecule has 118 valence electrons. The molecule has 0 radical (unpaired) electrons. The Morgan fingerprint density at radius 1 is 1.09 bits per heavy atom. The molecule has 1 spiro atoms. The van der Waals surface area contributed by atoms with Gasteiger partial charge >= 0.3 is 0 Å². The van der Waals surface area contributed by atoms with Crippen LogP contribution in [-0.4, -0.2) is 21.6 Å². The van der Waals surface area contributed by atoms with E-state index in [9.17, 15) is 8.42 Å². The van der Waals surface area contributed by atoms with Crippen molar-refractivity contribution in [2.24, 2.45) is 0 Å². The number of rotatable bonds is 2. The Hall–Kier alpha value is -2.27. The van der Waals surface area contributed by atoms with Crippen LogP contribution < -0.4 is 4.31 Å². The zero-order chi connectivity index (χ0) is 16.1. The summed E-state index contributed by atoms with van der Waals surface area (Å²) in [6.45, 7) is 2.79. The third-order valence-corrected chi connectivity index (χ3v) is 6.34. The van der Waals surface area contributed by atoms with Crippen LogP contribution in [0.4, 0.5) is 5.69 Å². The van der Waals surface area contributed by atoms with Gasteiger partial charge in [-0.1, -0.05) is 35.9 Å². The normalized spacial score (nSPS) is 22.4. The van der Waals surface area contributed by atoms with E-state index in [0.29, 0.717) is 18.0 Å². The topological polar surface area (TPSA) is 46.6 Å². The first kappa shape index (κ1) is 14.3. The molecule has 0 fully saturated rings. The number of sulfonamides is 1. The zero-order valence-electron chi connectivity index (χ0n) is 12.8. The monoisotopic (exact) mass is 327 g/mol. The number of hydrogen-bond acceptors (Lipinski definition) is 3. The summed E-state index contributed by atoms with van der Waals surface area (Å²) in [5.74, 6) is 0. The van der Waals surface area contributed by atoms with Crippen LogP contribution in [0.3, 0.4) is 0 Å². The maximum Gasteiger partial charge on any atom is 0.264 e. The molecular formula is C18H17NO3S. The first-order valence-corrected chi connectivity index (χ1v) is 8.95. The number of fused-ring (bicyclic) bond motifs is 2.